The maximum absolute atomic E-state index is 12.3. The minimum atomic E-state index is -4.89. The highest BCUT2D eigenvalue weighted by molar-refractivity contribution is 5.84. The second-order valence-electron chi connectivity index (χ2n) is 14.9. The summed E-state index contributed by atoms with van der Waals surface area (Å²) in [5.41, 5.74) is 2.54. The number of para-hydroxylation sites is 2. The van der Waals surface area contributed by atoms with Gasteiger partial charge in [0.2, 0.25) is 6.41 Å². The van der Waals surface area contributed by atoms with Crippen molar-refractivity contribution in [2.24, 2.45) is 11.8 Å². The number of anilines is 3. The Balaban J connectivity index is 0.000000411. The summed E-state index contributed by atoms with van der Waals surface area (Å²) < 4.78 is 74.1. The van der Waals surface area contributed by atoms with Gasteiger partial charge in [-0.05, 0) is 114 Å². The van der Waals surface area contributed by atoms with Gasteiger partial charge in [-0.25, -0.2) is 0 Å². The lowest BCUT2D eigenvalue weighted by Crippen LogP contribution is -2.45. The van der Waals surface area contributed by atoms with Crippen LogP contribution in [0, 0.1) is 18.8 Å². The summed E-state index contributed by atoms with van der Waals surface area (Å²) in [4.78, 5) is 27.3. The van der Waals surface area contributed by atoms with E-state index in [0.29, 0.717) is 18.2 Å². The highest BCUT2D eigenvalue weighted by Crippen LogP contribution is 2.42. The monoisotopic (exact) mass is 802 g/mol. The molecule has 0 bridgehead atoms. The summed E-state index contributed by atoms with van der Waals surface area (Å²) in [6.07, 6.45) is 8.10. The number of aryl methyl sites for hydroxylation is 1. The fraction of sp³-hybridized carbons (Fsp3) is 0.674. The first-order valence-corrected chi connectivity index (χ1v) is 20.4. The Morgan fingerprint density at radius 2 is 1.32 bits per heavy atom. The lowest BCUT2D eigenvalue weighted by Gasteiger charge is -2.37. The van der Waals surface area contributed by atoms with Crippen molar-refractivity contribution in [3.8, 4) is 0 Å². The van der Waals surface area contributed by atoms with Crippen molar-refractivity contribution >= 4 is 29.8 Å². The molecule has 13 heteroatoms. The van der Waals surface area contributed by atoms with Crippen LogP contribution in [0.2, 0.25) is 0 Å². The molecule has 2 saturated heterocycles. The predicted octanol–water partition coefficient (Wildman–Crippen LogP) is 11.1. The van der Waals surface area contributed by atoms with Crippen LogP contribution in [0.5, 0.6) is 0 Å². The number of likely N-dealkylation sites (tertiary alicyclic amines) is 2. The molecule has 2 aromatic carbocycles. The second-order valence-corrected chi connectivity index (χ2v) is 14.9. The molecule has 0 saturated carbocycles. The van der Waals surface area contributed by atoms with E-state index >= 15 is 0 Å². The molecule has 7 nitrogen and oxygen atoms in total. The molecule has 56 heavy (non-hydrogen) atoms. The zero-order valence-electron chi connectivity index (χ0n) is 34.9. The van der Waals surface area contributed by atoms with Crippen LogP contribution < -0.4 is 16.0 Å². The number of hydrogen-bond donors (Lipinski definition) is 2. The number of rotatable bonds is 14. The van der Waals surface area contributed by atoms with Crippen LogP contribution in [-0.4, -0.2) is 75.4 Å². The Labute approximate surface area is 332 Å². The average molecular weight is 802 g/mol. The Kier molecular flexibility index (Phi) is 24.1. The molecule has 0 aliphatic carbocycles. The number of nitrogen functional groups attached to an aromatic ring is 1. The van der Waals surface area contributed by atoms with E-state index in [1.165, 1.54) is 90.8 Å². The van der Waals surface area contributed by atoms with E-state index in [-0.39, 0.29) is 5.56 Å². The zero-order chi connectivity index (χ0) is 42.3. The van der Waals surface area contributed by atoms with Crippen molar-refractivity contribution in [2.75, 3.05) is 62.8 Å². The third-order valence-corrected chi connectivity index (χ3v) is 10.6. The number of amides is 1. The SMILES string of the molecule is CC=O.CCCCC(CCCC)C1CCN(C)CC1.CCCCN1CCC(N(C=O)c2ccccc2NC)CC1.Cc1cc(C(F)(F)F)c(N)c(C(F)(F)F)c1. The highest BCUT2D eigenvalue weighted by Gasteiger charge is 2.40. The van der Waals surface area contributed by atoms with Gasteiger partial charge in [-0.3, -0.25) is 4.79 Å². The third kappa shape index (κ3) is 17.9. The van der Waals surface area contributed by atoms with E-state index in [1.54, 1.807) is 0 Å². The number of carbonyl (C=O) groups is 2. The molecule has 0 unspecified atom stereocenters. The number of unbranched alkanes of at least 4 members (excludes halogenated alkanes) is 3. The van der Waals surface area contributed by atoms with Crippen LogP contribution in [0.25, 0.3) is 0 Å². The van der Waals surface area contributed by atoms with Crippen LogP contribution in [0.15, 0.2) is 36.4 Å². The first-order valence-electron chi connectivity index (χ1n) is 20.4. The van der Waals surface area contributed by atoms with E-state index in [4.69, 9.17) is 10.5 Å². The third-order valence-electron chi connectivity index (χ3n) is 10.6. The molecular formula is C43H69F6N5O2. The predicted molar refractivity (Wildman–Crippen MR) is 219 cm³/mol. The second kappa shape index (κ2) is 26.6. The molecule has 0 radical (unpaired) electrons. The average Bonchev–Trinajstić information content (AvgIpc) is 3.16. The van der Waals surface area contributed by atoms with Crippen molar-refractivity contribution < 1.29 is 35.9 Å². The van der Waals surface area contributed by atoms with E-state index in [9.17, 15) is 31.1 Å². The minimum Gasteiger partial charge on any atom is -0.398 e. The van der Waals surface area contributed by atoms with Gasteiger partial charge >= 0.3 is 12.4 Å². The fourth-order valence-electron chi connectivity index (χ4n) is 7.37. The molecule has 0 atom stereocenters. The van der Waals surface area contributed by atoms with Crippen molar-refractivity contribution in [3.05, 3.63) is 53.1 Å². The van der Waals surface area contributed by atoms with Gasteiger partial charge in [-0.15, -0.1) is 0 Å². The van der Waals surface area contributed by atoms with E-state index < -0.39 is 29.2 Å². The number of alkyl halides is 6. The molecule has 2 aliphatic rings. The van der Waals surface area contributed by atoms with Crippen molar-refractivity contribution in [2.45, 2.75) is 130 Å². The summed E-state index contributed by atoms with van der Waals surface area (Å²) in [7, 11) is 4.17. The maximum atomic E-state index is 12.3. The van der Waals surface area contributed by atoms with Gasteiger partial charge in [0, 0.05) is 26.2 Å². The largest absolute Gasteiger partial charge is 0.418 e. The number of hydrogen-bond acceptors (Lipinski definition) is 6. The van der Waals surface area contributed by atoms with Gasteiger partial charge in [0.1, 0.15) is 6.29 Å². The van der Waals surface area contributed by atoms with Gasteiger partial charge in [-0.2, -0.15) is 26.3 Å². The molecule has 2 aromatic rings. The number of halogens is 6. The molecule has 0 aromatic heterocycles. The Morgan fingerprint density at radius 1 is 0.839 bits per heavy atom. The van der Waals surface area contributed by atoms with Crippen LogP contribution in [0.1, 0.15) is 121 Å². The summed E-state index contributed by atoms with van der Waals surface area (Å²) in [6, 6.07) is 9.50. The number of piperidine rings is 2. The molecular weight excluding hydrogens is 732 g/mol. The van der Waals surface area contributed by atoms with Gasteiger partial charge in [-0.1, -0.05) is 77.8 Å². The highest BCUT2D eigenvalue weighted by atomic mass is 19.4. The van der Waals surface area contributed by atoms with Crippen molar-refractivity contribution in [3.63, 3.8) is 0 Å². The van der Waals surface area contributed by atoms with Gasteiger partial charge in [0.25, 0.3) is 0 Å². The van der Waals surface area contributed by atoms with Gasteiger partial charge < -0.3 is 30.5 Å². The quantitative estimate of drug-likeness (QED) is 0.112. The zero-order valence-corrected chi connectivity index (χ0v) is 34.9. The van der Waals surface area contributed by atoms with Crippen LogP contribution >= 0.6 is 0 Å². The smallest absolute Gasteiger partial charge is 0.398 e. The summed E-state index contributed by atoms with van der Waals surface area (Å²) in [5.74, 6) is 2.07. The van der Waals surface area contributed by atoms with Crippen LogP contribution in [0.4, 0.5) is 43.4 Å². The Morgan fingerprint density at radius 3 is 1.75 bits per heavy atom. The topological polar surface area (TPSA) is 81.9 Å². The standard InChI is InChI=1S/C17H27N3O.C15H31N.C9H7F6N.C2H4O/c1-3-4-11-19-12-9-15(10-13-19)20(14-21)17-8-6-5-7-16(17)18-2;1-4-6-8-14(9-7-5-2)15-10-12-16(3)13-11-15;1-4-2-5(8(10,11)12)7(16)6(3-4)9(13,14)15;1-2-3/h5-8,14-15,18H,3-4,9-13H2,1-2H3;14-15H,4-13H2,1-3H3;2-3H,16H2,1H3;2H,1H3. The number of nitrogens with two attached hydrogens (primary N) is 1. The minimum absolute atomic E-state index is 0.145. The molecule has 320 valence electrons. The number of benzene rings is 2. The summed E-state index contributed by atoms with van der Waals surface area (Å²) >= 11 is 0. The number of nitrogens with zero attached hydrogens (tertiary/aromatic N) is 3. The summed E-state index contributed by atoms with van der Waals surface area (Å²) in [6.45, 7) is 15.5. The van der Waals surface area contributed by atoms with E-state index in [0.717, 1.165) is 68.8 Å². The van der Waals surface area contributed by atoms with Crippen molar-refractivity contribution in [1.82, 2.24) is 9.80 Å². The normalized spacial score (nSPS) is 15.8. The van der Waals surface area contributed by atoms with E-state index in [2.05, 4.69) is 42.9 Å². The van der Waals surface area contributed by atoms with Crippen molar-refractivity contribution in [1.29, 1.82) is 0 Å². The molecule has 3 N–H and O–H groups in total. The molecule has 2 aliphatic heterocycles. The molecule has 2 fully saturated rings. The van der Waals surface area contributed by atoms with Crippen LogP contribution in [-0.2, 0) is 21.9 Å². The van der Waals surface area contributed by atoms with Gasteiger partial charge in [0.15, 0.2) is 0 Å². The number of carbonyl (C=O) groups excluding carboxylic acids is 2. The fourth-order valence-corrected chi connectivity index (χ4v) is 7.37. The molecule has 0 spiro atoms. The van der Waals surface area contributed by atoms with E-state index in [1.807, 2.05) is 36.2 Å². The Bertz CT molecular complexity index is 1330. The first kappa shape index (κ1) is 50.7. The molecule has 1 amide bonds. The molecule has 2 heterocycles. The molecule has 4 rings (SSSR count). The Hall–Kier alpha value is -3.32. The van der Waals surface area contributed by atoms with Gasteiger partial charge in [0.05, 0.1) is 28.2 Å². The lowest BCUT2D eigenvalue weighted by atomic mass is 9.79. The summed E-state index contributed by atoms with van der Waals surface area (Å²) in [5, 5.41) is 3.18. The maximum Gasteiger partial charge on any atom is 0.418 e. The number of aldehydes is 1. The number of nitrogens with one attached hydrogen (secondary N) is 1. The van der Waals surface area contributed by atoms with Crippen LogP contribution in [0.3, 0.4) is 0 Å². The lowest BCUT2D eigenvalue weighted by molar-refractivity contribution is -0.141. The first-order chi connectivity index (χ1) is 26.5.